The van der Waals surface area contributed by atoms with Gasteiger partial charge in [-0.15, -0.1) is 0 Å². The molecule has 2 fully saturated rings. The Kier molecular flexibility index (Phi) is 3.47. The average molecular weight is 314 g/mol. The Morgan fingerprint density at radius 1 is 1.50 bits per heavy atom. The lowest BCUT2D eigenvalue weighted by Gasteiger charge is -2.20. The third-order valence-corrected chi connectivity index (χ3v) is 5.12. The van der Waals surface area contributed by atoms with Crippen molar-refractivity contribution in [1.82, 2.24) is 15.1 Å². The van der Waals surface area contributed by atoms with E-state index in [9.17, 15) is 0 Å². The smallest absolute Gasteiger partial charge is 0.0739 e. The molecule has 0 saturated carbocycles. The van der Waals surface area contributed by atoms with Crippen LogP contribution >= 0.6 is 15.9 Å². The summed E-state index contributed by atoms with van der Waals surface area (Å²) in [6.45, 7) is 5.95. The van der Waals surface area contributed by atoms with Gasteiger partial charge >= 0.3 is 0 Å². The molecule has 3 rings (SSSR count). The van der Waals surface area contributed by atoms with E-state index in [0.717, 1.165) is 23.3 Å². The van der Waals surface area contributed by atoms with Crippen LogP contribution in [0.15, 0.2) is 4.47 Å². The number of halogens is 1. The molecule has 3 heterocycles. The Morgan fingerprint density at radius 3 is 2.94 bits per heavy atom. The van der Waals surface area contributed by atoms with E-state index in [1.165, 1.54) is 25.0 Å². The summed E-state index contributed by atoms with van der Waals surface area (Å²) in [4.78, 5) is 0. The molecule has 18 heavy (non-hydrogen) atoms. The molecule has 2 aliphatic rings. The molecule has 0 radical (unpaired) electrons. The maximum Gasteiger partial charge on any atom is 0.0739 e. The second-order valence-electron chi connectivity index (χ2n) is 5.26. The molecule has 3 unspecified atom stereocenters. The number of aromatic nitrogens is 2. The van der Waals surface area contributed by atoms with Crippen LogP contribution in [0.5, 0.6) is 0 Å². The van der Waals surface area contributed by atoms with Gasteiger partial charge in [-0.3, -0.25) is 4.68 Å². The van der Waals surface area contributed by atoms with Gasteiger partial charge in [-0.25, -0.2) is 0 Å². The highest BCUT2D eigenvalue weighted by Crippen LogP contribution is 2.34. The molecule has 4 nitrogen and oxygen atoms in total. The Labute approximate surface area is 116 Å². The Bertz CT molecular complexity index is 446. The van der Waals surface area contributed by atoms with Gasteiger partial charge in [0.25, 0.3) is 0 Å². The summed E-state index contributed by atoms with van der Waals surface area (Å²) in [6, 6.07) is 0.524. The van der Waals surface area contributed by atoms with Gasteiger partial charge in [0, 0.05) is 19.1 Å². The zero-order valence-electron chi connectivity index (χ0n) is 10.9. The molecule has 1 aromatic rings. The number of hydrogen-bond acceptors (Lipinski definition) is 3. The van der Waals surface area contributed by atoms with E-state index in [-0.39, 0.29) is 0 Å². The molecule has 3 atom stereocenters. The topological polar surface area (TPSA) is 39.1 Å². The maximum atomic E-state index is 5.87. The van der Waals surface area contributed by atoms with Crippen LogP contribution in [0.2, 0.25) is 0 Å². The van der Waals surface area contributed by atoms with Crippen molar-refractivity contribution in [2.24, 2.45) is 0 Å². The molecule has 2 bridgehead atoms. The normalized spacial score (nSPS) is 30.3. The van der Waals surface area contributed by atoms with Gasteiger partial charge < -0.3 is 10.1 Å². The van der Waals surface area contributed by atoms with Gasteiger partial charge in [0.05, 0.1) is 28.1 Å². The van der Waals surface area contributed by atoms with Crippen molar-refractivity contribution in [2.75, 3.05) is 0 Å². The second-order valence-corrected chi connectivity index (χ2v) is 6.05. The number of aryl methyl sites for hydroxylation is 2. The molecule has 0 amide bonds. The third-order valence-electron chi connectivity index (χ3n) is 4.09. The Morgan fingerprint density at radius 2 is 2.33 bits per heavy atom. The summed E-state index contributed by atoms with van der Waals surface area (Å²) in [5.41, 5.74) is 2.32. The van der Waals surface area contributed by atoms with E-state index in [0.29, 0.717) is 18.2 Å². The minimum atomic E-state index is 0.438. The van der Waals surface area contributed by atoms with Crippen molar-refractivity contribution in [1.29, 1.82) is 0 Å². The van der Waals surface area contributed by atoms with E-state index >= 15 is 0 Å². The van der Waals surface area contributed by atoms with Crippen LogP contribution in [0.1, 0.15) is 37.6 Å². The highest BCUT2D eigenvalue weighted by molar-refractivity contribution is 9.10. The standard InChI is InChI=1S/C13H20BrN3O/c1-3-17-11(13(14)8(2)16-17)7-15-10-6-9-4-5-12(10)18-9/h9-10,12,15H,3-7H2,1-2H3. The summed E-state index contributed by atoms with van der Waals surface area (Å²) < 4.78 is 9.08. The fraction of sp³-hybridized carbons (Fsp3) is 0.769. The first-order valence-electron chi connectivity index (χ1n) is 6.79. The highest BCUT2D eigenvalue weighted by atomic mass is 79.9. The van der Waals surface area contributed by atoms with Gasteiger partial charge in [0.1, 0.15) is 0 Å². The molecule has 5 heteroatoms. The van der Waals surface area contributed by atoms with Crippen LogP contribution in [0.25, 0.3) is 0 Å². The molecule has 1 aromatic heterocycles. The van der Waals surface area contributed by atoms with Gasteiger partial charge in [0.2, 0.25) is 0 Å². The van der Waals surface area contributed by atoms with Gasteiger partial charge in [-0.2, -0.15) is 5.10 Å². The van der Waals surface area contributed by atoms with Crippen LogP contribution in [0.3, 0.4) is 0 Å². The summed E-state index contributed by atoms with van der Waals surface area (Å²) in [6.07, 6.45) is 4.58. The minimum absolute atomic E-state index is 0.438. The van der Waals surface area contributed by atoms with E-state index in [2.05, 4.69) is 38.0 Å². The zero-order chi connectivity index (χ0) is 12.7. The quantitative estimate of drug-likeness (QED) is 0.927. The molecule has 0 aliphatic carbocycles. The number of nitrogens with zero attached hydrogens (tertiary/aromatic N) is 2. The summed E-state index contributed by atoms with van der Waals surface area (Å²) in [7, 11) is 0. The lowest BCUT2D eigenvalue weighted by Crippen LogP contribution is -2.37. The van der Waals surface area contributed by atoms with Crippen LogP contribution in [-0.2, 0) is 17.8 Å². The maximum absolute atomic E-state index is 5.87. The molecular formula is C13H20BrN3O. The number of hydrogen-bond donors (Lipinski definition) is 1. The van der Waals surface area contributed by atoms with Crippen molar-refractivity contribution < 1.29 is 4.74 Å². The van der Waals surface area contributed by atoms with Crippen LogP contribution in [-0.4, -0.2) is 28.0 Å². The molecule has 0 spiro atoms. The highest BCUT2D eigenvalue weighted by Gasteiger charge is 2.40. The predicted molar refractivity (Wildman–Crippen MR) is 73.5 cm³/mol. The van der Waals surface area contributed by atoms with Crippen molar-refractivity contribution >= 4 is 15.9 Å². The molecule has 100 valence electrons. The van der Waals surface area contributed by atoms with Crippen molar-refractivity contribution in [2.45, 2.75) is 64.4 Å². The average Bonchev–Trinajstić information content (AvgIpc) is 3.04. The van der Waals surface area contributed by atoms with Gasteiger partial charge in [0.15, 0.2) is 0 Å². The lowest BCUT2D eigenvalue weighted by atomic mass is 9.95. The molecule has 2 aliphatic heterocycles. The van der Waals surface area contributed by atoms with Crippen molar-refractivity contribution in [3.05, 3.63) is 15.9 Å². The van der Waals surface area contributed by atoms with Crippen molar-refractivity contribution in [3.8, 4) is 0 Å². The zero-order valence-corrected chi connectivity index (χ0v) is 12.5. The first kappa shape index (κ1) is 12.6. The van der Waals surface area contributed by atoms with E-state index in [4.69, 9.17) is 4.74 Å². The first-order chi connectivity index (χ1) is 8.69. The van der Waals surface area contributed by atoms with E-state index < -0.39 is 0 Å². The van der Waals surface area contributed by atoms with Crippen LogP contribution < -0.4 is 5.32 Å². The number of nitrogens with one attached hydrogen (secondary N) is 1. The molecule has 1 N–H and O–H groups in total. The summed E-state index contributed by atoms with van der Waals surface area (Å²) in [5, 5.41) is 8.16. The first-order valence-corrected chi connectivity index (χ1v) is 7.59. The number of ether oxygens (including phenoxy) is 1. The SMILES string of the molecule is CCn1nc(C)c(Br)c1CNC1CC2CCC1O2. The fourth-order valence-corrected chi connectivity index (χ4v) is 3.54. The van der Waals surface area contributed by atoms with Crippen LogP contribution in [0, 0.1) is 6.92 Å². The molecule has 0 aromatic carbocycles. The Balaban J connectivity index is 1.66. The third kappa shape index (κ3) is 2.12. The second kappa shape index (κ2) is 4.94. The summed E-state index contributed by atoms with van der Waals surface area (Å²) >= 11 is 3.64. The van der Waals surface area contributed by atoms with Crippen LogP contribution in [0.4, 0.5) is 0 Å². The fourth-order valence-electron chi connectivity index (χ4n) is 3.12. The molecular weight excluding hydrogens is 294 g/mol. The van der Waals surface area contributed by atoms with E-state index in [1.807, 2.05) is 6.92 Å². The van der Waals surface area contributed by atoms with Gasteiger partial charge in [-0.1, -0.05) is 0 Å². The largest absolute Gasteiger partial charge is 0.373 e. The van der Waals surface area contributed by atoms with Crippen molar-refractivity contribution in [3.63, 3.8) is 0 Å². The minimum Gasteiger partial charge on any atom is -0.373 e. The predicted octanol–water partition coefficient (Wildman–Crippen LogP) is 2.38. The lowest BCUT2D eigenvalue weighted by molar-refractivity contribution is 0.0972. The molecule has 2 saturated heterocycles. The Hall–Kier alpha value is -0.390. The number of rotatable bonds is 4. The summed E-state index contributed by atoms with van der Waals surface area (Å²) in [5.74, 6) is 0. The van der Waals surface area contributed by atoms with E-state index in [1.54, 1.807) is 0 Å². The number of fused-ring (bicyclic) bond motifs is 2. The van der Waals surface area contributed by atoms with Gasteiger partial charge in [-0.05, 0) is 49.0 Å². The monoisotopic (exact) mass is 313 g/mol.